The van der Waals surface area contributed by atoms with Gasteiger partial charge < -0.3 is 5.11 Å². The molecule has 3 aromatic rings. The van der Waals surface area contributed by atoms with Gasteiger partial charge in [-0.2, -0.15) is 0 Å². The van der Waals surface area contributed by atoms with E-state index in [2.05, 4.69) is 4.98 Å². The van der Waals surface area contributed by atoms with Crippen molar-refractivity contribution in [3.05, 3.63) is 58.9 Å². The van der Waals surface area contributed by atoms with Crippen LogP contribution in [-0.2, 0) is 16.6 Å². The molecule has 2 aromatic heterocycles. The molecule has 0 radical (unpaired) electrons. The fraction of sp³-hybridized carbons (Fsp3) is 0.133. The second-order valence-corrected chi connectivity index (χ2v) is 7.14. The lowest BCUT2D eigenvalue weighted by Crippen LogP contribution is -2.12. The number of benzene rings is 1. The van der Waals surface area contributed by atoms with E-state index < -0.39 is 10.0 Å². The summed E-state index contributed by atoms with van der Waals surface area (Å²) in [6.45, 7) is 1.56. The molecule has 3 rings (SSSR count). The van der Waals surface area contributed by atoms with Gasteiger partial charge in [-0.05, 0) is 25.1 Å². The van der Waals surface area contributed by atoms with E-state index in [4.69, 9.17) is 11.6 Å². The molecule has 7 heteroatoms. The van der Waals surface area contributed by atoms with Gasteiger partial charge >= 0.3 is 0 Å². The van der Waals surface area contributed by atoms with E-state index >= 15 is 0 Å². The maximum atomic E-state index is 12.8. The summed E-state index contributed by atoms with van der Waals surface area (Å²) in [5, 5.41) is 10.3. The van der Waals surface area contributed by atoms with Crippen molar-refractivity contribution in [3.63, 3.8) is 0 Å². The van der Waals surface area contributed by atoms with Crippen LogP contribution in [0.5, 0.6) is 0 Å². The first kappa shape index (κ1) is 15.0. The Bertz CT molecular complexity index is 947. The SMILES string of the molecule is Cc1ccc(S(=O)(=O)n2cc(CO)c3c(Cl)ccnc32)cc1. The summed E-state index contributed by atoms with van der Waals surface area (Å²) < 4.78 is 26.7. The number of aryl methyl sites for hydroxylation is 1. The van der Waals surface area contributed by atoms with Crippen LogP contribution in [0.1, 0.15) is 11.1 Å². The maximum absolute atomic E-state index is 12.8. The maximum Gasteiger partial charge on any atom is 0.269 e. The van der Waals surface area contributed by atoms with E-state index in [9.17, 15) is 13.5 Å². The average molecular weight is 337 g/mol. The predicted molar refractivity (Wildman–Crippen MR) is 84.4 cm³/mol. The number of aromatic nitrogens is 2. The van der Waals surface area contributed by atoms with Crippen LogP contribution in [0, 0.1) is 6.92 Å². The third kappa shape index (κ3) is 2.29. The Labute approximate surface area is 132 Å². The molecule has 0 aliphatic heterocycles. The van der Waals surface area contributed by atoms with Gasteiger partial charge in [0.05, 0.1) is 16.5 Å². The van der Waals surface area contributed by atoms with Crippen molar-refractivity contribution in [1.82, 2.24) is 8.96 Å². The van der Waals surface area contributed by atoms with Gasteiger partial charge in [0.25, 0.3) is 10.0 Å². The molecule has 1 N–H and O–H groups in total. The fourth-order valence-corrected chi connectivity index (χ4v) is 3.89. The summed E-state index contributed by atoms with van der Waals surface area (Å²) in [6, 6.07) is 8.10. The fourth-order valence-electron chi connectivity index (χ4n) is 2.29. The zero-order valence-corrected chi connectivity index (χ0v) is 13.3. The summed E-state index contributed by atoms with van der Waals surface area (Å²) in [5.41, 5.74) is 1.59. The van der Waals surface area contributed by atoms with E-state index in [1.165, 1.54) is 12.4 Å². The van der Waals surface area contributed by atoms with Gasteiger partial charge in [-0.3, -0.25) is 0 Å². The van der Waals surface area contributed by atoms with Gasteiger partial charge in [0.1, 0.15) is 0 Å². The molecule has 0 saturated heterocycles. The molecule has 0 spiro atoms. The molecule has 0 atom stereocenters. The van der Waals surface area contributed by atoms with Crippen LogP contribution in [0.4, 0.5) is 0 Å². The summed E-state index contributed by atoms with van der Waals surface area (Å²) in [4.78, 5) is 4.26. The molecule has 114 valence electrons. The number of pyridine rings is 1. The van der Waals surface area contributed by atoms with E-state index in [1.807, 2.05) is 6.92 Å². The largest absolute Gasteiger partial charge is 0.392 e. The minimum absolute atomic E-state index is 0.154. The van der Waals surface area contributed by atoms with Crippen LogP contribution < -0.4 is 0 Å². The van der Waals surface area contributed by atoms with Crippen molar-refractivity contribution in [2.75, 3.05) is 0 Å². The number of hydrogen-bond acceptors (Lipinski definition) is 4. The van der Waals surface area contributed by atoms with E-state index in [1.54, 1.807) is 30.3 Å². The number of halogens is 1. The zero-order chi connectivity index (χ0) is 15.9. The average Bonchev–Trinajstić information content (AvgIpc) is 2.88. The number of fused-ring (bicyclic) bond motifs is 1. The van der Waals surface area contributed by atoms with Crippen molar-refractivity contribution < 1.29 is 13.5 Å². The van der Waals surface area contributed by atoms with Gasteiger partial charge in [-0.25, -0.2) is 17.4 Å². The van der Waals surface area contributed by atoms with Crippen molar-refractivity contribution in [1.29, 1.82) is 0 Å². The Kier molecular flexibility index (Phi) is 3.68. The number of rotatable bonds is 3. The Balaban J connectivity index is 2.30. The first-order valence-corrected chi connectivity index (χ1v) is 8.34. The van der Waals surface area contributed by atoms with Crippen LogP contribution in [0.3, 0.4) is 0 Å². The van der Waals surface area contributed by atoms with Crippen LogP contribution in [0.25, 0.3) is 11.0 Å². The molecule has 0 unspecified atom stereocenters. The monoisotopic (exact) mass is 336 g/mol. The highest BCUT2D eigenvalue weighted by atomic mass is 35.5. The van der Waals surface area contributed by atoms with Crippen molar-refractivity contribution in [3.8, 4) is 0 Å². The van der Waals surface area contributed by atoms with Crippen molar-refractivity contribution in [2.45, 2.75) is 18.4 Å². The normalized spacial score (nSPS) is 12.0. The molecule has 0 saturated carbocycles. The lowest BCUT2D eigenvalue weighted by atomic mass is 10.2. The van der Waals surface area contributed by atoms with Crippen molar-refractivity contribution in [2.24, 2.45) is 0 Å². The molecule has 5 nitrogen and oxygen atoms in total. The van der Waals surface area contributed by atoms with Crippen LogP contribution in [0.15, 0.2) is 47.6 Å². The standard InChI is InChI=1S/C15H13ClN2O3S/c1-10-2-4-12(5-3-10)22(20,21)18-8-11(9-19)14-13(16)6-7-17-15(14)18/h2-8,19H,9H2,1H3. The molecule has 2 heterocycles. The number of hydrogen-bond donors (Lipinski definition) is 1. The zero-order valence-electron chi connectivity index (χ0n) is 11.7. The molecule has 0 bridgehead atoms. The third-order valence-corrected chi connectivity index (χ3v) is 5.41. The molecular weight excluding hydrogens is 324 g/mol. The van der Waals surface area contributed by atoms with Crippen molar-refractivity contribution >= 4 is 32.7 Å². The summed E-state index contributed by atoms with van der Waals surface area (Å²) in [6.07, 6.45) is 2.80. The van der Waals surface area contributed by atoms with Gasteiger partial charge in [0.15, 0.2) is 5.65 Å². The van der Waals surface area contributed by atoms with Gasteiger partial charge in [0.2, 0.25) is 0 Å². The second kappa shape index (κ2) is 5.39. The molecule has 22 heavy (non-hydrogen) atoms. The Morgan fingerprint density at radius 2 is 1.91 bits per heavy atom. The van der Waals surface area contributed by atoms with E-state index in [-0.39, 0.29) is 17.1 Å². The highest BCUT2D eigenvalue weighted by Crippen LogP contribution is 2.29. The molecule has 0 amide bonds. The topological polar surface area (TPSA) is 72.2 Å². The third-order valence-electron chi connectivity index (χ3n) is 3.43. The molecule has 0 fully saturated rings. The molecule has 0 aliphatic carbocycles. The van der Waals surface area contributed by atoms with Gasteiger partial charge in [0, 0.05) is 23.3 Å². The molecule has 1 aromatic carbocycles. The highest BCUT2D eigenvalue weighted by molar-refractivity contribution is 7.90. The minimum atomic E-state index is -3.80. The lowest BCUT2D eigenvalue weighted by Gasteiger charge is -2.07. The Morgan fingerprint density at radius 3 is 2.55 bits per heavy atom. The Morgan fingerprint density at radius 1 is 1.23 bits per heavy atom. The summed E-state index contributed by atoms with van der Waals surface area (Å²) >= 11 is 6.11. The van der Waals surface area contributed by atoms with E-state index in [0.717, 1.165) is 9.54 Å². The van der Waals surface area contributed by atoms with Crippen LogP contribution >= 0.6 is 11.6 Å². The Hall–Kier alpha value is -1.89. The first-order chi connectivity index (χ1) is 10.4. The van der Waals surface area contributed by atoms with Gasteiger partial charge in [-0.1, -0.05) is 29.3 Å². The van der Waals surface area contributed by atoms with Crippen LogP contribution in [0.2, 0.25) is 5.02 Å². The highest BCUT2D eigenvalue weighted by Gasteiger charge is 2.22. The predicted octanol–water partition coefficient (Wildman–Crippen LogP) is 2.73. The smallest absolute Gasteiger partial charge is 0.269 e. The molecule has 0 aliphatic rings. The van der Waals surface area contributed by atoms with Gasteiger partial charge in [-0.15, -0.1) is 0 Å². The number of aliphatic hydroxyl groups excluding tert-OH is 1. The van der Waals surface area contributed by atoms with Crippen LogP contribution in [-0.4, -0.2) is 22.5 Å². The quantitative estimate of drug-likeness (QED) is 0.798. The first-order valence-electron chi connectivity index (χ1n) is 6.52. The molecular formula is C15H13ClN2O3S. The summed E-state index contributed by atoms with van der Waals surface area (Å²) in [5.74, 6) is 0. The number of nitrogens with zero attached hydrogens (tertiary/aromatic N) is 2. The minimum Gasteiger partial charge on any atom is -0.392 e. The summed E-state index contributed by atoms with van der Waals surface area (Å²) in [7, 11) is -3.80. The lowest BCUT2D eigenvalue weighted by molar-refractivity contribution is 0.283. The van der Waals surface area contributed by atoms with E-state index in [0.29, 0.717) is 16.0 Å². The second-order valence-electron chi connectivity index (χ2n) is 4.92. The number of aliphatic hydroxyl groups is 1.